The summed E-state index contributed by atoms with van der Waals surface area (Å²) < 4.78 is 2.62. The summed E-state index contributed by atoms with van der Waals surface area (Å²) >= 11 is 1.86. The quantitative estimate of drug-likeness (QED) is 0.171. The largest absolute Gasteiger partial charge is 0.247 e. The molecule has 3 aromatic heterocycles. The molecule has 3 nitrogen and oxygen atoms in total. The summed E-state index contributed by atoms with van der Waals surface area (Å²) in [5.41, 5.74) is 10.3. The fourth-order valence-corrected chi connectivity index (χ4v) is 8.31. The predicted octanol–water partition coefficient (Wildman–Crippen LogP) is 12.9. The van der Waals surface area contributed by atoms with Gasteiger partial charge in [-0.05, 0) is 35.4 Å². The molecule has 10 rings (SSSR count). The van der Waals surface area contributed by atoms with Crippen LogP contribution in [0, 0.1) is 0 Å². The summed E-state index contributed by atoms with van der Waals surface area (Å²) in [6, 6.07) is 61.8. The van der Waals surface area contributed by atoms with Gasteiger partial charge >= 0.3 is 0 Å². The molecule has 0 aliphatic heterocycles. The fourth-order valence-electron chi connectivity index (χ4n) is 7.20. The SMILES string of the molecule is c1ccc(-c2cc(-c3ccc(-c4ccc(-c5nc6ccccc6c6c5ccc5sc7ccccc7c56)cc4)cc3)nc(-c3ccccc3)n2)cc1. The van der Waals surface area contributed by atoms with Crippen LogP contribution in [0.4, 0.5) is 0 Å². The minimum Gasteiger partial charge on any atom is -0.247 e. The van der Waals surface area contributed by atoms with Gasteiger partial charge in [0.1, 0.15) is 0 Å². The summed E-state index contributed by atoms with van der Waals surface area (Å²) in [7, 11) is 0. The lowest BCUT2D eigenvalue weighted by molar-refractivity contribution is 1.18. The third-order valence-electron chi connectivity index (χ3n) is 9.70. The highest BCUT2D eigenvalue weighted by molar-refractivity contribution is 7.26. The van der Waals surface area contributed by atoms with Gasteiger partial charge in [-0.3, -0.25) is 0 Å². The van der Waals surface area contributed by atoms with Gasteiger partial charge in [-0.15, -0.1) is 11.3 Å². The Balaban J connectivity index is 1.03. The maximum absolute atomic E-state index is 5.24. The molecule has 0 spiro atoms. The average molecular weight is 668 g/mol. The van der Waals surface area contributed by atoms with Crippen molar-refractivity contribution >= 4 is 53.2 Å². The molecule has 3 heterocycles. The molecule has 10 aromatic rings. The standard InChI is InChI=1S/C47H29N3S/c1-3-11-32(12-4-1)40-29-41(50-47(49-40)35-13-5-2-6-14-35)33-23-19-30(20-24-33)31-21-25-34(26-22-31)46-38-27-28-43-45(37-16-8-10-18-42(37)51-43)44(38)36-15-7-9-17-39(36)48-46/h1-29H. The summed E-state index contributed by atoms with van der Waals surface area (Å²) in [5, 5.41) is 6.27. The van der Waals surface area contributed by atoms with Crippen LogP contribution < -0.4 is 0 Å². The molecule has 4 heteroatoms. The molecule has 0 fully saturated rings. The van der Waals surface area contributed by atoms with Crippen molar-refractivity contribution in [2.45, 2.75) is 0 Å². The topological polar surface area (TPSA) is 38.7 Å². The second kappa shape index (κ2) is 12.1. The summed E-state index contributed by atoms with van der Waals surface area (Å²) in [6.07, 6.45) is 0. The number of benzene rings is 7. The highest BCUT2D eigenvalue weighted by Crippen LogP contribution is 2.43. The summed E-state index contributed by atoms with van der Waals surface area (Å²) in [4.78, 5) is 15.2. The lowest BCUT2D eigenvalue weighted by Crippen LogP contribution is -1.95. The molecular weight excluding hydrogens is 639 g/mol. The zero-order valence-corrected chi connectivity index (χ0v) is 28.3. The number of thiophene rings is 1. The van der Waals surface area contributed by atoms with Gasteiger partial charge in [0.15, 0.2) is 5.82 Å². The van der Waals surface area contributed by atoms with E-state index >= 15 is 0 Å². The normalized spacial score (nSPS) is 11.5. The molecule has 0 amide bonds. The average Bonchev–Trinajstić information content (AvgIpc) is 3.60. The zero-order chi connectivity index (χ0) is 33.7. The Morgan fingerprint density at radius 2 is 0.882 bits per heavy atom. The van der Waals surface area contributed by atoms with E-state index in [9.17, 15) is 0 Å². The fraction of sp³-hybridized carbons (Fsp3) is 0. The first-order valence-electron chi connectivity index (χ1n) is 17.1. The van der Waals surface area contributed by atoms with Gasteiger partial charge in [0, 0.05) is 58.6 Å². The van der Waals surface area contributed by atoms with E-state index in [4.69, 9.17) is 15.0 Å². The maximum Gasteiger partial charge on any atom is 0.160 e. The van der Waals surface area contributed by atoms with Crippen LogP contribution in [0.25, 0.3) is 98.1 Å². The predicted molar refractivity (Wildman–Crippen MR) is 215 cm³/mol. The molecule has 238 valence electrons. The maximum atomic E-state index is 5.24. The van der Waals surface area contributed by atoms with E-state index in [1.807, 2.05) is 47.7 Å². The van der Waals surface area contributed by atoms with Gasteiger partial charge in [0.05, 0.1) is 22.6 Å². The molecular formula is C47H29N3S. The second-order valence-corrected chi connectivity index (χ2v) is 13.9. The highest BCUT2D eigenvalue weighted by atomic mass is 32.1. The Bertz CT molecular complexity index is 2820. The van der Waals surface area contributed by atoms with Gasteiger partial charge in [-0.1, -0.05) is 152 Å². The first kappa shape index (κ1) is 29.4. The van der Waals surface area contributed by atoms with Crippen molar-refractivity contribution in [3.63, 3.8) is 0 Å². The summed E-state index contributed by atoms with van der Waals surface area (Å²) in [5.74, 6) is 0.717. The van der Waals surface area contributed by atoms with Crippen LogP contribution in [0.2, 0.25) is 0 Å². The van der Waals surface area contributed by atoms with Gasteiger partial charge in [-0.2, -0.15) is 0 Å². The Labute approximate surface area is 299 Å². The van der Waals surface area contributed by atoms with Gasteiger partial charge in [0.25, 0.3) is 0 Å². The molecule has 0 radical (unpaired) electrons. The number of hydrogen-bond acceptors (Lipinski definition) is 4. The molecule has 0 unspecified atom stereocenters. The molecule has 0 bridgehead atoms. The minimum atomic E-state index is 0.717. The molecule has 0 aliphatic rings. The molecule has 0 N–H and O–H groups in total. The van der Waals surface area contributed by atoms with Gasteiger partial charge in [-0.25, -0.2) is 15.0 Å². The lowest BCUT2D eigenvalue weighted by Gasteiger charge is -2.12. The van der Waals surface area contributed by atoms with Crippen LogP contribution in [-0.2, 0) is 0 Å². The molecule has 51 heavy (non-hydrogen) atoms. The minimum absolute atomic E-state index is 0.717. The van der Waals surface area contributed by atoms with E-state index in [1.54, 1.807) is 0 Å². The number of aromatic nitrogens is 3. The van der Waals surface area contributed by atoms with E-state index in [2.05, 4.69) is 140 Å². The monoisotopic (exact) mass is 667 g/mol. The second-order valence-electron chi connectivity index (χ2n) is 12.8. The lowest BCUT2D eigenvalue weighted by atomic mass is 9.95. The van der Waals surface area contributed by atoms with Gasteiger partial charge < -0.3 is 0 Å². The Morgan fingerprint density at radius 1 is 0.333 bits per heavy atom. The van der Waals surface area contributed by atoms with Crippen molar-refractivity contribution in [1.82, 2.24) is 15.0 Å². The third kappa shape index (κ3) is 5.16. The van der Waals surface area contributed by atoms with E-state index in [0.717, 1.165) is 61.8 Å². The first-order valence-corrected chi connectivity index (χ1v) is 17.9. The van der Waals surface area contributed by atoms with E-state index in [1.165, 1.54) is 36.3 Å². The van der Waals surface area contributed by atoms with Crippen molar-refractivity contribution < 1.29 is 0 Å². The van der Waals surface area contributed by atoms with Crippen molar-refractivity contribution in [2.75, 3.05) is 0 Å². The van der Waals surface area contributed by atoms with Crippen LogP contribution in [0.5, 0.6) is 0 Å². The van der Waals surface area contributed by atoms with Crippen molar-refractivity contribution in [2.24, 2.45) is 0 Å². The van der Waals surface area contributed by atoms with E-state index in [-0.39, 0.29) is 0 Å². The molecule has 0 atom stereocenters. The number of hydrogen-bond donors (Lipinski definition) is 0. The van der Waals surface area contributed by atoms with Crippen LogP contribution in [0.3, 0.4) is 0 Å². The van der Waals surface area contributed by atoms with E-state index < -0.39 is 0 Å². The molecule has 0 aliphatic carbocycles. The van der Waals surface area contributed by atoms with E-state index in [0.29, 0.717) is 0 Å². The van der Waals surface area contributed by atoms with Crippen LogP contribution in [0.15, 0.2) is 176 Å². The van der Waals surface area contributed by atoms with Crippen LogP contribution in [-0.4, -0.2) is 15.0 Å². The molecule has 0 saturated carbocycles. The Kier molecular flexibility index (Phi) is 7.00. The number of pyridine rings is 1. The molecule has 0 saturated heterocycles. The third-order valence-corrected chi connectivity index (χ3v) is 10.8. The summed E-state index contributed by atoms with van der Waals surface area (Å²) in [6.45, 7) is 0. The Morgan fingerprint density at radius 3 is 1.59 bits per heavy atom. The van der Waals surface area contributed by atoms with Crippen molar-refractivity contribution in [3.8, 4) is 56.3 Å². The van der Waals surface area contributed by atoms with Crippen LogP contribution in [0.1, 0.15) is 0 Å². The zero-order valence-electron chi connectivity index (χ0n) is 27.5. The molecule has 7 aromatic carbocycles. The van der Waals surface area contributed by atoms with Gasteiger partial charge in [0.2, 0.25) is 0 Å². The smallest absolute Gasteiger partial charge is 0.160 e. The van der Waals surface area contributed by atoms with Crippen molar-refractivity contribution in [3.05, 3.63) is 176 Å². The highest BCUT2D eigenvalue weighted by Gasteiger charge is 2.17. The number of fused-ring (bicyclic) bond motifs is 7. The number of rotatable bonds is 5. The Hall–Kier alpha value is -6.49. The van der Waals surface area contributed by atoms with Crippen LogP contribution >= 0.6 is 11.3 Å². The number of nitrogens with zero attached hydrogens (tertiary/aromatic N) is 3. The van der Waals surface area contributed by atoms with Crippen molar-refractivity contribution in [1.29, 1.82) is 0 Å². The number of para-hydroxylation sites is 1. The first-order chi connectivity index (χ1) is 25.3.